The summed E-state index contributed by atoms with van der Waals surface area (Å²) in [7, 11) is 0. The van der Waals surface area contributed by atoms with E-state index < -0.39 is 23.6 Å². The smallest absolute Gasteiger partial charge is 0.325 e. The van der Waals surface area contributed by atoms with Gasteiger partial charge in [-0.15, -0.1) is 0 Å². The first kappa shape index (κ1) is 24.0. The van der Waals surface area contributed by atoms with E-state index in [4.69, 9.17) is 4.74 Å². The quantitative estimate of drug-likeness (QED) is 0.396. The SMILES string of the molecule is O=C(Cc1ccc(F)cc1)NC(=O)Nc1ccc(Oc2ccncc2C#Cc2cccnc2)c(F)c1. The highest BCUT2D eigenvalue weighted by molar-refractivity contribution is 6.01. The summed E-state index contributed by atoms with van der Waals surface area (Å²) in [5, 5.41) is 4.52. The van der Waals surface area contributed by atoms with Crippen LogP contribution in [0.25, 0.3) is 0 Å². The Hall–Kier alpha value is -5.10. The summed E-state index contributed by atoms with van der Waals surface area (Å²) in [5.41, 5.74) is 1.79. The molecular weight excluding hydrogens is 466 g/mol. The number of hydrogen-bond donors (Lipinski definition) is 2. The number of nitrogens with one attached hydrogen (secondary N) is 2. The number of halogens is 2. The molecule has 0 aliphatic carbocycles. The molecule has 2 aromatic carbocycles. The Kier molecular flexibility index (Phi) is 7.58. The van der Waals surface area contributed by atoms with Gasteiger partial charge in [-0.05, 0) is 42.0 Å². The predicted octanol–water partition coefficient (Wildman–Crippen LogP) is 4.84. The van der Waals surface area contributed by atoms with Gasteiger partial charge in [0, 0.05) is 48.2 Å². The molecule has 36 heavy (non-hydrogen) atoms. The fraction of sp³-hybridized carbons (Fsp3) is 0.0370. The zero-order valence-electron chi connectivity index (χ0n) is 18.7. The fourth-order valence-corrected chi connectivity index (χ4v) is 3.04. The van der Waals surface area contributed by atoms with Gasteiger partial charge in [0.2, 0.25) is 5.91 Å². The second-order valence-corrected chi connectivity index (χ2v) is 7.42. The Labute approximate surface area is 205 Å². The lowest BCUT2D eigenvalue weighted by Crippen LogP contribution is -2.35. The van der Waals surface area contributed by atoms with Crippen LogP contribution in [0.3, 0.4) is 0 Å². The number of benzene rings is 2. The average Bonchev–Trinajstić information content (AvgIpc) is 2.87. The second-order valence-electron chi connectivity index (χ2n) is 7.42. The number of nitrogens with zero attached hydrogens (tertiary/aromatic N) is 2. The van der Waals surface area contributed by atoms with E-state index in [1.165, 1.54) is 48.8 Å². The highest BCUT2D eigenvalue weighted by Crippen LogP contribution is 2.28. The number of aromatic nitrogens is 2. The molecule has 0 spiro atoms. The number of imide groups is 1. The van der Waals surface area contributed by atoms with Crippen molar-refractivity contribution in [2.45, 2.75) is 6.42 Å². The molecule has 0 aliphatic heterocycles. The molecule has 4 aromatic rings. The molecule has 9 heteroatoms. The van der Waals surface area contributed by atoms with E-state index in [-0.39, 0.29) is 17.9 Å². The van der Waals surface area contributed by atoms with E-state index >= 15 is 0 Å². The van der Waals surface area contributed by atoms with Crippen molar-refractivity contribution in [3.63, 3.8) is 0 Å². The molecule has 0 radical (unpaired) electrons. The van der Waals surface area contributed by atoms with E-state index in [0.29, 0.717) is 22.4 Å². The Balaban J connectivity index is 1.38. The van der Waals surface area contributed by atoms with Crippen molar-refractivity contribution < 1.29 is 23.1 Å². The van der Waals surface area contributed by atoms with E-state index in [0.717, 1.165) is 6.07 Å². The number of rotatable bonds is 5. The third-order valence-corrected chi connectivity index (χ3v) is 4.72. The van der Waals surface area contributed by atoms with Crippen molar-refractivity contribution in [2.75, 3.05) is 5.32 Å². The van der Waals surface area contributed by atoms with E-state index in [9.17, 15) is 18.4 Å². The van der Waals surface area contributed by atoms with Crippen LogP contribution in [0.1, 0.15) is 16.7 Å². The minimum absolute atomic E-state index is 0.0935. The van der Waals surface area contributed by atoms with Crippen molar-refractivity contribution in [3.05, 3.63) is 114 Å². The predicted molar refractivity (Wildman–Crippen MR) is 128 cm³/mol. The summed E-state index contributed by atoms with van der Waals surface area (Å²) in [4.78, 5) is 32.2. The van der Waals surface area contributed by atoms with Gasteiger partial charge in [0.25, 0.3) is 0 Å². The van der Waals surface area contributed by atoms with Gasteiger partial charge in [0.15, 0.2) is 11.6 Å². The molecule has 4 rings (SSSR count). The highest BCUT2D eigenvalue weighted by atomic mass is 19.1. The van der Waals surface area contributed by atoms with Gasteiger partial charge in [-0.3, -0.25) is 20.1 Å². The molecule has 0 unspecified atom stereocenters. The van der Waals surface area contributed by atoms with Crippen LogP contribution in [0.5, 0.6) is 11.5 Å². The lowest BCUT2D eigenvalue weighted by atomic mass is 10.1. The van der Waals surface area contributed by atoms with E-state index in [2.05, 4.69) is 32.4 Å². The second kappa shape index (κ2) is 11.4. The first-order chi connectivity index (χ1) is 17.5. The third-order valence-electron chi connectivity index (χ3n) is 4.72. The summed E-state index contributed by atoms with van der Waals surface area (Å²) in [6.07, 6.45) is 6.13. The molecule has 7 nitrogen and oxygen atoms in total. The van der Waals surface area contributed by atoms with Crippen molar-refractivity contribution in [1.82, 2.24) is 15.3 Å². The fourth-order valence-electron chi connectivity index (χ4n) is 3.04. The van der Waals surface area contributed by atoms with Crippen molar-refractivity contribution in [1.29, 1.82) is 0 Å². The Bertz CT molecular complexity index is 1450. The van der Waals surface area contributed by atoms with Gasteiger partial charge in [-0.2, -0.15) is 0 Å². The molecule has 2 heterocycles. The maximum Gasteiger partial charge on any atom is 0.325 e. The molecule has 0 aliphatic rings. The topological polar surface area (TPSA) is 93.2 Å². The third kappa shape index (κ3) is 6.71. The van der Waals surface area contributed by atoms with Crippen LogP contribution in [-0.4, -0.2) is 21.9 Å². The van der Waals surface area contributed by atoms with Gasteiger partial charge < -0.3 is 10.1 Å². The van der Waals surface area contributed by atoms with Crippen LogP contribution in [0.4, 0.5) is 19.3 Å². The van der Waals surface area contributed by atoms with Gasteiger partial charge in [0.1, 0.15) is 11.6 Å². The van der Waals surface area contributed by atoms with Crippen LogP contribution < -0.4 is 15.4 Å². The van der Waals surface area contributed by atoms with Crippen molar-refractivity contribution in [2.24, 2.45) is 0 Å². The molecule has 0 saturated carbocycles. The summed E-state index contributed by atoms with van der Waals surface area (Å²) in [6, 6.07) is 13.4. The number of anilines is 1. The molecule has 0 fully saturated rings. The Morgan fingerprint density at radius 2 is 1.69 bits per heavy atom. The number of carbonyl (C=O) groups is 2. The van der Waals surface area contributed by atoms with E-state index in [1.54, 1.807) is 30.6 Å². The normalized spacial score (nSPS) is 10.1. The standard InChI is InChI=1S/C27H18F2N4O3/c28-21-7-4-18(5-8-21)14-26(34)33-27(35)32-22-9-10-25(23(29)15-22)36-24-11-13-31-17-20(24)6-3-19-2-1-12-30-16-19/h1-2,4-5,7-13,15-17H,14H2,(H2,32,33,34,35). The van der Waals surface area contributed by atoms with Crippen LogP contribution in [-0.2, 0) is 11.2 Å². The van der Waals surface area contributed by atoms with Crippen LogP contribution in [0.15, 0.2) is 85.5 Å². The maximum atomic E-state index is 14.7. The van der Waals surface area contributed by atoms with Gasteiger partial charge in [-0.1, -0.05) is 24.0 Å². The molecule has 2 aromatic heterocycles. The molecule has 0 saturated heterocycles. The van der Waals surface area contributed by atoms with Crippen LogP contribution in [0.2, 0.25) is 0 Å². The lowest BCUT2D eigenvalue weighted by molar-refractivity contribution is -0.119. The average molecular weight is 484 g/mol. The largest absolute Gasteiger partial charge is 0.453 e. The molecule has 0 bridgehead atoms. The number of pyridine rings is 2. The minimum Gasteiger partial charge on any atom is -0.453 e. The lowest BCUT2D eigenvalue weighted by Gasteiger charge is -2.11. The number of ether oxygens (including phenoxy) is 1. The van der Waals surface area contributed by atoms with Crippen molar-refractivity contribution >= 4 is 17.6 Å². The number of amides is 3. The Morgan fingerprint density at radius 3 is 2.44 bits per heavy atom. The molecule has 178 valence electrons. The summed E-state index contributed by atoms with van der Waals surface area (Å²) >= 11 is 0. The monoisotopic (exact) mass is 484 g/mol. The number of carbonyl (C=O) groups excluding carboxylic acids is 2. The summed E-state index contributed by atoms with van der Waals surface area (Å²) in [6.45, 7) is 0. The number of urea groups is 1. The highest BCUT2D eigenvalue weighted by Gasteiger charge is 2.12. The minimum atomic E-state index is -0.836. The van der Waals surface area contributed by atoms with Crippen LogP contribution >= 0.6 is 0 Å². The summed E-state index contributed by atoms with van der Waals surface area (Å²) in [5.74, 6) is 4.30. The maximum absolute atomic E-state index is 14.7. The van der Waals surface area contributed by atoms with Crippen molar-refractivity contribution in [3.8, 4) is 23.3 Å². The van der Waals surface area contributed by atoms with E-state index in [1.807, 2.05) is 0 Å². The zero-order chi connectivity index (χ0) is 25.3. The Morgan fingerprint density at radius 1 is 0.889 bits per heavy atom. The van der Waals surface area contributed by atoms with Gasteiger partial charge in [-0.25, -0.2) is 13.6 Å². The van der Waals surface area contributed by atoms with Gasteiger partial charge in [0.05, 0.1) is 12.0 Å². The number of hydrogen-bond acceptors (Lipinski definition) is 5. The zero-order valence-corrected chi connectivity index (χ0v) is 18.7. The van der Waals surface area contributed by atoms with Gasteiger partial charge >= 0.3 is 6.03 Å². The molecule has 2 N–H and O–H groups in total. The molecular formula is C27H18F2N4O3. The first-order valence-corrected chi connectivity index (χ1v) is 10.6. The molecule has 0 atom stereocenters. The molecule has 3 amide bonds. The van der Waals surface area contributed by atoms with Crippen LogP contribution in [0, 0.1) is 23.5 Å². The summed E-state index contributed by atoms with van der Waals surface area (Å²) < 4.78 is 33.3. The first-order valence-electron chi connectivity index (χ1n) is 10.6.